The molecule has 3 heterocycles. The maximum Gasteiger partial charge on any atom is 0.308 e. The lowest BCUT2D eigenvalue weighted by molar-refractivity contribution is -0.122. The summed E-state index contributed by atoms with van der Waals surface area (Å²) in [7, 11) is 3.06. The zero-order chi connectivity index (χ0) is 29.5. The van der Waals surface area contributed by atoms with Gasteiger partial charge in [-0.15, -0.1) is 0 Å². The van der Waals surface area contributed by atoms with Crippen molar-refractivity contribution in [3.63, 3.8) is 0 Å². The number of nitrogens with zero attached hydrogens (tertiary/aromatic N) is 2. The summed E-state index contributed by atoms with van der Waals surface area (Å²) in [6.45, 7) is 1.71. The number of thioether (sulfide) groups is 1. The Morgan fingerprint density at radius 3 is 2.31 bits per heavy atom. The van der Waals surface area contributed by atoms with Crippen molar-refractivity contribution < 1.29 is 23.9 Å². The number of amides is 3. The molecular formula is C31H27N3O6S2. The van der Waals surface area contributed by atoms with Crippen LogP contribution in [-0.4, -0.2) is 41.8 Å². The number of nitrogens with one attached hydrogen (secondary N) is 1. The largest absolute Gasteiger partial charge is 0.493 e. The molecule has 214 valence electrons. The number of anilines is 2. The normalized spacial score (nSPS) is 19.3. The van der Waals surface area contributed by atoms with Gasteiger partial charge in [-0.2, -0.15) is 0 Å². The molecule has 0 spiro atoms. The number of aryl methyl sites for hydroxylation is 1. The van der Waals surface area contributed by atoms with Crippen molar-refractivity contribution in [2.45, 2.75) is 29.7 Å². The van der Waals surface area contributed by atoms with Gasteiger partial charge in [-0.3, -0.25) is 23.7 Å². The van der Waals surface area contributed by atoms with Gasteiger partial charge >= 0.3 is 4.87 Å². The molecule has 1 N–H and O–H groups in total. The summed E-state index contributed by atoms with van der Waals surface area (Å²) in [5.41, 5.74) is 2.83. The number of methoxy groups -OCH3 is 2. The quantitative estimate of drug-likeness (QED) is 0.307. The third kappa shape index (κ3) is 4.78. The van der Waals surface area contributed by atoms with Gasteiger partial charge in [-0.25, -0.2) is 4.90 Å². The van der Waals surface area contributed by atoms with Crippen molar-refractivity contribution in [3.8, 4) is 11.5 Å². The minimum Gasteiger partial charge on any atom is -0.493 e. The van der Waals surface area contributed by atoms with E-state index in [4.69, 9.17) is 9.47 Å². The molecule has 2 aliphatic heterocycles. The highest BCUT2D eigenvalue weighted by molar-refractivity contribution is 8.00. The van der Waals surface area contributed by atoms with E-state index in [0.29, 0.717) is 38.3 Å². The Bertz CT molecular complexity index is 1750. The first-order valence-corrected chi connectivity index (χ1v) is 14.9. The molecule has 3 amide bonds. The Morgan fingerprint density at radius 2 is 1.62 bits per heavy atom. The van der Waals surface area contributed by atoms with Gasteiger partial charge in [0.25, 0.3) is 0 Å². The number of carbonyl (C=O) groups excluding carboxylic acids is 3. The third-order valence-electron chi connectivity index (χ3n) is 7.47. The molecule has 9 nitrogen and oxygen atoms in total. The van der Waals surface area contributed by atoms with Crippen molar-refractivity contribution in [2.24, 2.45) is 5.92 Å². The Hall–Kier alpha value is -4.35. The second-order valence-corrected chi connectivity index (χ2v) is 12.2. The van der Waals surface area contributed by atoms with Crippen LogP contribution < -0.4 is 24.6 Å². The molecule has 0 radical (unpaired) electrons. The fourth-order valence-corrected chi connectivity index (χ4v) is 8.25. The highest BCUT2D eigenvalue weighted by atomic mass is 32.2. The summed E-state index contributed by atoms with van der Waals surface area (Å²) in [5.74, 6) is -1.46. The van der Waals surface area contributed by atoms with Crippen LogP contribution in [0.4, 0.5) is 11.4 Å². The molecule has 3 atom stereocenters. The minimum atomic E-state index is -0.790. The summed E-state index contributed by atoms with van der Waals surface area (Å²) in [5, 5.41) is 2.54. The number of fused-ring (bicyclic) bond motifs is 2. The molecule has 6 rings (SSSR count). The summed E-state index contributed by atoms with van der Waals surface area (Å²) < 4.78 is 12.4. The van der Waals surface area contributed by atoms with Crippen LogP contribution in [0.25, 0.3) is 0 Å². The second-order valence-electron chi connectivity index (χ2n) is 10.0. The van der Waals surface area contributed by atoms with Gasteiger partial charge < -0.3 is 14.8 Å². The molecule has 1 fully saturated rings. The molecule has 0 saturated carbocycles. The summed E-state index contributed by atoms with van der Waals surface area (Å²) in [6, 6.07) is 21.6. The molecule has 0 aliphatic carbocycles. The van der Waals surface area contributed by atoms with Crippen LogP contribution in [0.5, 0.6) is 11.5 Å². The maximum absolute atomic E-state index is 14.1. The molecule has 1 saturated heterocycles. The predicted octanol–water partition coefficient (Wildman–Crippen LogP) is 4.67. The van der Waals surface area contributed by atoms with Gasteiger partial charge in [0.1, 0.15) is 11.8 Å². The Labute approximate surface area is 250 Å². The first kappa shape index (κ1) is 27.8. The van der Waals surface area contributed by atoms with Crippen LogP contribution in [0.1, 0.15) is 21.9 Å². The Morgan fingerprint density at radius 1 is 0.905 bits per heavy atom. The van der Waals surface area contributed by atoms with E-state index < -0.39 is 17.1 Å². The number of ether oxygens (including phenoxy) is 2. The van der Waals surface area contributed by atoms with Gasteiger partial charge in [-0.1, -0.05) is 65.1 Å². The minimum absolute atomic E-state index is 0.230. The summed E-state index contributed by atoms with van der Waals surface area (Å²) in [6.07, 6.45) is 0. The fourth-order valence-electron chi connectivity index (χ4n) is 5.47. The maximum atomic E-state index is 14.1. The molecule has 2 aliphatic rings. The number of para-hydroxylation sites is 1. The third-order valence-corrected chi connectivity index (χ3v) is 10.1. The van der Waals surface area contributed by atoms with Gasteiger partial charge in [-0.05, 0) is 48.9 Å². The number of imide groups is 1. The zero-order valence-electron chi connectivity index (χ0n) is 23.0. The SMILES string of the molecule is COc1ccc([C@H]2c3sc(=O)n(CC(=O)Nc4ccccc4)c3SC3C(=O)N(c4ccc(C)cc4)C(=O)C32)cc1OC. The van der Waals surface area contributed by atoms with Crippen molar-refractivity contribution in [3.05, 3.63) is 98.5 Å². The monoisotopic (exact) mass is 601 g/mol. The standard InChI is InChI=1S/C31H27N3O6S2/c1-17-9-12-20(13-10-17)34-28(36)25-24(18-11-14-21(39-2)22(15-18)40-3)27-30(41-26(25)29(34)37)33(31(38)42-27)16-23(35)32-19-7-5-4-6-8-19/h4-15,24-26H,16H2,1-3H3,(H,32,35)/t24-,25?,26?/m1/s1. The average molecular weight is 602 g/mol. The highest BCUT2D eigenvalue weighted by Gasteiger charge is 2.57. The number of thiazole rings is 1. The number of rotatable bonds is 7. The van der Waals surface area contributed by atoms with Crippen molar-refractivity contribution in [1.29, 1.82) is 0 Å². The van der Waals surface area contributed by atoms with E-state index in [0.717, 1.165) is 16.9 Å². The van der Waals surface area contributed by atoms with Crippen LogP contribution in [0.2, 0.25) is 0 Å². The molecule has 0 bridgehead atoms. The average Bonchev–Trinajstić information content (AvgIpc) is 3.44. The van der Waals surface area contributed by atoms with E-state index in [-0.39, 0.29) is 29.1 Å². The smallest absolute Gasteiger partial charge is 0.308 e. The van der Waals surface area contributed by atoms with E-state index in [1.807, 2.05) is 31.2 Å². The lowest BCUT2D eigenvalue weighted by Crippen LogP contribution is -2.33. The van der Waals surface area contributed by atoms with Gasteiger partial charge in [0, 0.05) is 16.5 Å². The molecule has 1 aromatic heterocycles. The van der Waals surface area contributed by atoms with Crippen molar-refractivity contribution in [2.75, 3.05) is 24.4 Å². The number of aromatic nitrogens is 1. The topological polar surface area (TPSA) is 107 Å². The Balaban J connectivity index is 1.45. The first-order valence-electron chi connectivity index (χ1n) is 13.2. The number of carbonyl (C=O) groups is 3. The molecule has 3 aromatic carbocycles. The van der Waals surface area contributed by atoms with E-state index in [2.05, 4.69) is 5.32 Å². The van der Waals surface area contributed by atoms with Crippen molar-refractivity contribution >= 4 is 52.2 Å². The number of hydrogen-bond donors (Lipinski definition) is 1. The van der Waals surface area contributed by atoms with E-state index >= 15 is 0 Å². The molecule has 4 aromatic rings. The fraction of sp³-hybridized carbons (Fsp3) is 0.226. The lowest BCUT2D eigenvalue weighted by Gasteiger charge is -2.31. The summed E-state index contributed by atoms with van der Waals surface area (Å²) >= 11 is 2.17. The molecule has 11 heteroatoms. The van der Waals surface area contributed by atoms with Crippen LogP contribution in [0.15, 0.2) is 82.6 Å². The van der Waals surface area contributed by atoms with Crippen LogP contribution in [0.3, 0.4) is 0 Å². The van der Waals surface area contributed by atoms with E-state index in [1.54, 1.807) is 48.5 Å². The van der Waals surface area contributed by atoms with Gasteiger partial charge in [0.2, 0.25) is 17.7 Å². The van der Waals surface area contributed by atoms with E-state index in [1.165, 1.54) is 35.4 Å². The van der Waals surface area contributed by atoms with Crippen molar-refractivity contribution in [1.82, 2.24) is 4.57 Å². The lowest BCUT2D eigenvalue weighted by atomic mass is 9.83. The molecule has 42 heavy (non-hydrogen) atoms. The first-order chi connectivity index (χ1) is 20.3. The highest BCUT2D eigenvalue weighted by Crippen LogP contribution is 2.54. The molecular weight excluding hydrogens is 574 g/mol. The van der Waals surface area contributed by atoms with Crippen LogP contribution >= 0.6 is 23.1 Å². The second kappa shape index (κ2) is 11.1. The predicted molar refractivity (Wildman–Crippen MR) is 162 cm³/mol. The number of benzene rings is 3. The van der Waals surface area contributed by atoms with Gasteiger partial charge in [0.15, 0.2) is 11.5 Å². The summed E-state index contributed by atoms with van der Waals surface area (Å²) in [4.78, 5) is 55.9. The van der Waals surface area contributed by atoms with Gasteiger partial charge in [0.05, 0.1) is 30.9 Å². The Kier molecular flexibility index (Phi) is 7.38. The van der Waals surface area contributed by atoms with Crippen LogP contribution in [-0.2, 0) is 20.9 Å². The number of hydrogen-bond acceptors (Lipinski definition) is 8. The zero-order valence-corrected chi connectivity index (χ0v) is 24.7. The van der Waals surface area contributed by atoms with E-state index in [9.17, 15) is 19.2 Å². The molecule has 2 unspecified atom stereocenters. The van der Waals surface area contributed by atoms with Crippen LogP contribution in [0, 0.1) is 12.8 Å².